The third kappa shape index (κ3) is 1.94. The van der Waals surface area contributed by atoms with E-state index < -0.39 is 26.8 Å². The number of hydrogen-bond donors (Lipinski definition) is 2. The molecule has 6 nitrogen and oxygen atoms in total. The van der Waals surface area contributed by atoms with Crippen molar-refractivity contribution in [3.8, 4) is 0 Å². The Hall–Kier alpha value is -0.660. The molecule has 0 bridgehead atoms. The zero-order valence-electron chi connectivity index (χ0n) is 9.73. The van der Waals surface area contributed by atoms with Gasteiger partial charge in [0.1, 0.15) is 0 Å². The summed E-state index contributed by atoms with van der Waals surface area (Å²) in [5.41, 5.74) is 0. The first kappa shape index (κ1) is 13.4. The van der Waals surface area contributed by atoms with Gasteiger partial charge < -0.3 is 10.4 Å². The first-order valence-electron chi connectivity index (χ1n) is 5.20. The fourth-order valence-corrected chi connectivity index (χ4v) is 3.07. The highest BCUT2D eigenvalue weighted by atomic mass is 32.2. The molecular weight excluding hydrogens is 232 g/mol. The van der Waals surface area contributed by atoms with E-state index in [2.05, 4.69) is 5.32 Å². The molecule has 1 amide bonds. The summed E-state index contributed by atoms with van der Waals surface area (Å²) in [6, 6.07) is 0. The van der Waals surface area contributed by atoms with Crippen LogP contribution >= 0.6 is 0 Å². The van der Waals surface area contributed by atoms with Crippen molar-refractivity contribution in [3.05, 3.63) is 0 Å². The fraction of sp³-hybridized carbons (Fsp3) is 0.889. The standard InChI is InChI=1S/C9H18N2O4S/c1-4-10-5-7(12)6-11-8(13)9(2,3)16(11,14)15/h7,10,12H,4-6H2,1-3H3. The summed E-state index contributed by atoms with van der Waals surface area (Å²) in [5, 5.41) is 12.4. The fourth-order valence-electron chi connectivity index (χ4n) is 1.50. The summed E-state index contributed by atoms with van der Waals surface area (Å²) < 4.78 is 22.7. The lowest BCUT2D eigenvalue weighted by atomic mass is 10.2. The quantitative estimate of drug-likeness (QED) is 0.647. The van der Waals surface area contributed by atoms with Crippen LogP contribution in [0, 0.1) is 0 Å². The van der Waals surface area contributed by atoms with Crippen molar-refractivity contribution in [2.24, 2.45) is 0 Å². The number of sulfonamides is 1. The van der Waals surface area contributed by atoms with Gasteiger partial charge in [0.2, 0.25) is 0 Å². The van der Waals surface area contributed by atoms with Gasteiger partial charge in [-0.15, -0.1) is 0 Å². The summed E-state index contributed by atoms with van der Waals surface area (Å²) in [4.78, 5) is 11.5. The second kappa shape index (κ2) is 4.31. The van der Waals surface area contributed by atoms with Crippen molar-refractivity contribution in [3.63, 3.8) is 0 Å². The number of nitrogens with one attached hydrogen (secondary N) is 1. The number of likely N-dealkylation sites (N-methyl/N-ethyl adjacent to an activating group) is 1. The van der Waals surface area contributed by atoms with Crippen LogP contribution in [0.25, 0.3) is 0 Å². The van der Waals surface area contributed by atoms with E-state index in [4.69, 9.17) is 0 Å². The molecule has 1 rings (SSSR count). The molecule has 16 heavy (non-hydrogen) atoms. The van der Waals surface area contributed by atoms with Gasteiger partial charge in [0.25, 0.3) is 15.9 Å². The van der Waals surface area contributed by atoms with Gasteiger partial charge in [-0.2, -0.15) is 0 Å². The molecule has 1 unspecified atom stereocenters. The van der Waals surface area contributed by atoms with Crippen molar-refractivity contribution in [2.45, 2.75) is 31.6 Å². The van der Waals surface area contributed by atoms with Crippen LogP contribution in [0.15, 0.2) is 0 Å². The van der Waals surface area contributed by atoms with Crippen LogP contribution in [0.1, 0.15) is 20.8 Å². The molecular formula is C9H18N2O4S. The molecule has 0 aromatic heterocycles. The van der Waals surface area contributed by atoms with E-state index in [1.807, 2.05) is 6.92 Å². The lowest BCUT2D eigenvalue weighted by Crippen LogP contribution is -2.68. The molecule has 0 aliphatic carbocycles. The van der Waals surface area contributed by atoms with Gasteiger partial charge in [-0.1, -0.05) is 6.92 Å². The number of carbonyl (C=O) groups is 1. The Morgan fingerprint density at radius 2 is 2.06 bits per heavy atom. The molecule has 0 saturated carbocycles. The highest BCUT2D eigenvalue weighted by Crippen LogP contribution is 2.34. The Kier molecular flexibility index (Phi) is 3.61. The topological polar surface area (TPSA) is 86.7 Å². The maximum atomic E-state index is 11.7. The monoisotopic (exact) mass is 250 g/mol. The zero-order valence-corrected chi connectivity index (χ0v) is 10.5. The number of aliphatic hydroxyl groups excluding tert-OH is 1. The van der Waals surface area contributed by atoms with Crippen LogP contribution in [0.4, 0.5) is 0 Å². The molecule has 94 valence electrons. The van der Waals surface area contributed by atoms with Crippen LogP contribution in [-0.4, -0.2) is 54.2 Å². The highest BCUT2D eigenvalue weighted by molar-refractivity contribution is 7.94. The van der Waals surface area contributed by atoms with E-state index in [9.17, 15) is 18.3 Å². The molecule has 0 spiro atoms. The summed E-state index contributed by atoms with van der Waals surface area (Å²) in [7, 11) is -3.57. The van der Waals surface area contributed by atoms with Crippen LogP contribution in [0.5, 0.6) is 0 Å². The van der Waals surface area contributed by atoms with Gasteiger partial charge in [0, 0.05) is 6.54 Å². The molecule has 0 radical (unpaired) electrons. The number of nitrogens with zero attached hydrogens (tertiary/aromatic N) is 1. The lowest BCUT2D eigenvalue weighted by molar-refractivity contribution is -0.133. The third-order valence-corrected chi connectivity index (χ3v) is 5.04. The summed E-state index contributed by atoms with van der Waals surface area (Å²) in [5.74, 6) is -0.456. The predicted octanol–water partition coefficient (Wildman–Crippen LogP) is -1.09. The molecule has 1 heterocycles. The second-order valence-corrected chi connectivity index (χ2v) is 6.72. The number of β-amino-alcohol motifs (C(OH)–C–C–N with tert-alkyl or cyclic N) is 1. The van der Waals surface area contributed by atoms with E-state index in [1.165, 1.54) is 13.8 Å². The van der Waals surface area contributed by atoms with Gasteiger partial charge in [0.15, 0.2) is 4.75 Å². The highest BCUT2D eigenvalue weighted by Gasteiger charge is 2.60. The number of aliphatic hydroxyl groups is 1. The third-order valence-electron chi connectivity index (χ3n) is 2.68. The smallest absolute Gasteiger partial charge is 0.258 e. The molecule has 0 aromatic carbocycles. The van der Waals surface area contributed by atoms with Gasteiger partial charge in [0.05, 0.1) is 12.6 Å². The zero-order chi connectivity index (χ0) is 12.6. The Balaban J connectivity index is 2.61. The summed E-state index contributed by atoms with van der Waals surface area (Å²) >= 11 is 0. The Bertz CT molecular complexity index is 377. The van der Waals surface area contributed by atoms with E-state index in [1.54, 1.807) is 0 Å². The van der Waals surface area contributed by atoms with E-state index in [0.717, 1.165) is 4.31 Å². The Morgan fingerprint density at radius 3 is 2.50 bits per heavy atom. The van der Waals surface area contributed by atoms with Gasteiger partial charge >= 0.3 is 0 Å². The Labute approximate surface area is 95.7 Å². The molecule has 1 aliphatic heterocycles. The Morgan fingerprint density at radius 1 is 1.50 bits per heavy atom. The molecule has 1 atom stereocenters. The summed E-state index contributed by atoms with van der Waals surface area (Å²) in [6.45, 7) is 5.41. The van der Waals surface area contributed by atoms with Crippen molar-refractivity contribution in [1.29, 1.82) is 0 Å². The number of rotatable bonds is 5. The first-order chi connectivity index (χ1) is 7.25. The minimum absolute atomic E-state index is 0.169. The van der Waals surface area contributed by atoms with Gasteiger partial charge in [-0.05, 0) is 20.4 Å². The molecule has 0 aromatic rings. The number of hydrogen-bond acceptors (Lipinski definition) is 5. The van der Waals surface area contributed by atoms with Gasteiger partial charge in [-0.3, -0.25) is 4.79 Å². The normalized spacial score (nSPS) is 24.0. The maximum Gasteiger partial charge on any atom is 0.258 e. The SMILES string of the molecule is CCNCC(O)CN1C(=O)C(C)(C)S1(=O)=O. The predicted molar refractivity (Wildman–Crippen MR) is 59.3 cm³/mol. The van der Waals surface area contributed by atoms with Crippen molar-refractivity contribution < 1.29 is 18.3 Å². The number of amides is 1. The lowest BCUT2D eigenvalue weighted by Gasteiger charge is -2.43. The van der Waals surface area contributed by atoms with Crippen molar-refractivity contribution in [2.75, 3.05) is 19.6 Å². The summed E-state index contributed by atoms with van der Waals surface area (Å²) in [6.07, 6.45) is -0.866. The van der Waals surface area contributed by atoms with Crippen molar-refractivity contribution in [1.82, 2.24) is 9.62 Å². The molecule has 7 heteroatoms. The van der Waals surface area contributed by atoms with Crippen LogP contribution in [-0.2, 0) is 14.8 Å². The maximum absolute atomic E-state index is 11.7. The average Bonchev–Trinajstić information content (AvgIpc) is 2.21. The van der Waals surface area contributed by atoms with Crippen LogP contribution in [0.3, 0.4) is 0 Å². The molecule has 1 saturated heterocycles. The minimum atomic E-state index is -3.57. The average molecular weight is 250 g/mol. The molecule has 1 aliphatic rings. The van der Waals surface area contributed by atoms with E-state index in [-0.39, 0.29) is 13.1 Å². The van der Waals surface area contributed by atoms with Crippen molar-refractivity contribution >= 4 is 15.9 Å². The second-order valence-electron chi connectivity index (χ2n) is 4.31. The largest absolute Gasteiger partial charge is 0.390 e. The van der Waals surface area contributed by atoms with Crippen LogP contribution < -0.4 is 5.32 Å². The minimum Gasteiger partial charge on any atom is -0.390 e. The molecule has 1 fully saturated rings. The number of carbonyl (C=O) groups excluding carboxylic acids is 1. The van der Waals surface area contributed by atoms with E-state index in [0.29, 0.717) is 6.54 Å². The molecule has 2 N–H and O–H groups in total. The van der Waals surface area contributed by atoms with Crippen LogP contribution in [0.2, 0.25) is 0 Å². The van der Waals surface area contributed by atoms with Gasteiger partial charge in [-0.25, -0.2) is 12.7 Å². The first-order valence-corrected chi connectivity index (χ1v) is 6.64. The van der Waals surface area contributed by atoms with E-state index >= 15 is 0 Å².